The van der Waals surface area contributed by atoms with Gasteiger partial charge < -0.3 is 5.11 Å². The van der Waals surface area contributed by atoms with Crippen molar-refractivity contribution in [2.45, 2.75) is 12.8 Å². The van der Waals surface area contributed by atoms with Crippen molar-refractivity contribution in [2.24, 2.45) is 5.92 Å². The fraction of sp³-hybridized carbons (Fsp3) is 0.385. The number of aliphatic hydroxyl groups excluding tert-OH is 1. The molecule has 0 amide bonds. The van der Waals surface area contributed by atoms with Crippen LogP contribution in [0.1, 0.15) is 12.8 Å². The summed E-state index contributed by atoms with van der Waals surface area (Å²) in [6.45, 7) is -0.409. The number of carbonyl (C=O) groups is 1. The number of aliphatic hydroxyl groups is 1. The van der Waals surface area contributed by atoms with Crippen molar-refractivity contribution in [2.75, 3.05) is 12.4 Å². The maximum atomic E-state index is 11.6. The number of carbonyl (C=O) groups excluding carboxylic acids is 2. The third kappa shape index (κ3) is 4.92. The molecule has 19 heavy (non-hydrogen) atoms. The molecule has 1 unspecified atom stereocenters. The molecule has 1 atom stereocenters. The second kappa shape index (κ2) is 7.16. The largest absolute Gasteiger partial charge is 0.395 e. The SMILES string of the molecule is O=[C]CC(=O)C=CC1C=CC(S(=O)(=O)CCO)=CC1. The Morgan fingerprint density at radius 3 is 2.79 bits per heavy atom. The Labute approximate surface area is 112 Å². The first-order valence-corrected chi connectivity index (χ1v) is 7.43. The normalized spacial score (nSPS) is 19.4. The average molecular weight is 283 g/mol. The van der Waals surface area contributed by atoms with Gasteiger partial charge in [-0.25, -0.2) is 8.42 Å². The summed E-state index contributed by atoms with van der Waals surface area (Å²) < 4.78 is 23.3. The summed E-state index contributed by atoms with van der Waals surface area (Å²) in [4.78, 5) is 21.3. The second-order valence-corrected chi connectivity index (χ2v) is 6.16. The van der Waals surface area contributed by atoms with Gasteiger partial charge in [-0.15, -0.1) is 0 Å². The van der Waals surface area contributed by atoms with Crippen molar-refractivity contribution in [3.8, 4) is 0 Å². The fourth-order valence-electron chi connectivity index (χ4n) is 1.59. The van der Waals surface area contributed by atoms with Crippen LogP contribution in [0.15, 0.2) is 35.3 Å². The Balaban J connectivity index is 2.62. The van der Waals surface area contributed by atoms with E-state index in [0.717, 1.165) is 0 Å². The quantitative estimate of drug-likeness (QED) is 0.542. The highest BCUT2D eigenvalue weighted by molar-refractivity contribution is 7.95. The summed E-state index contributed by atoms with van der Waals surface area (Å²) in [5.74, 6) is -0.688. The zero-order valence-electron chi connectivity index (χ0n) is 10.3. The lowest BCUT2D eigenvalue weighted by Crippen LogP contribution is -2.13. The third-order valence-electron chi connectivity index (χ3n) is 2.59. The Morgan fingerprint density at radius 2 is 2.26 bits per heavy atom. The molecule has 0 aromatic heterocycles. The van der Waals surface area contributed by atoms with Gasteiger partial charge in [0.2, 0.25) is 6.29 Å². The van der Waals surface area contributed by atoms with Crippen LogP contribution in [0.4, 0.5) is 0 Å². The third-order valence-corrected chi connectivity index (χ3v) is 4.33. The van der Waals surface area contributed by atoms with Crippen molar-refractivity contribution in [3.63, 3.8) is 0 Å². The number of hydrogen-bond donors (Lipinski definition) is 1. The van der Waals surface area contributed by atoms with Crippen LogP contribution in [0.3, 0.4) is 0 Å². The molecule has 0 fully saturated rings. The van der Waals surface area contributed by atoms with Gasteiger partial charge in [-0.05, 0) is 24.5 Å². The molecule has 0 spiro atoms. The van der Waals surface area contributed by atoms with Crippen LogP contribution in [0.2, 0.25) is 0 Å². The van der Waals surface area contributed by atoms with Crippen LogP contribution >= 0.6 is 0 Å². The lowest BCUT2D eigenvalue weighted by atomic mass is 10.00. The minimum atomic E-state index is -3.41. The van der Waals surface area contributed by atoms with Gasteiger partial charge in [0, 0.05) is 0 Å². The lowest BCUT2D eigenvalue weighted by molar-refractivity contribution is -0.113. The van der Waals surface area contributed by atoms with E-state index in [9.17, 15) is 18.0 Å². The van der Waals surface area contributed by atoms with Crippen molar-refractivity contribution in [1.82, 2.24) is 0 Å². The van der Waals surface area contributed by atoms with Gasteiger partial charge in [0.1, 0.15) is 0 Å². The monoisotopic (exact) mass is 283 g/mol. The molecule has 0 bridgehead atoms. The smallest absolute Gasteiger partial charge is 0.206 e. The standard InChI is InChI=1S/C13H15O5S/c14-8-7-12(16)4-1-11-2-5-13(6-3-11)19(17,18)10-9-15/h1-2,4-6,11,15H,3,7,9-10H2. The summed E-state index contributed by atoms with van der Waals surface area (Å²) in [5.41, 5.74) is 0. The van der Waals surface area contributed by atoms with E-state index < -0.39 is 16.4 Å². The van der Waals surface area contributed by atoms with Crippen LogP contribution in [-0.4, -0.2) is 38.0 Å². The molecule has 0 heterocycles. The highest BCUT2D eigenvalue weighted by Gasteiger charge is 2.17. The van der Waals surface area contributed by atoms with Gasteiger partial charge in [-0.2, -0.15) is 0 Å². The van der Waals surface area contributed by atoms with Crippen molar-refractivity contribution < 1.29 is 23.1 Å². The van der Waals surface area contributed by atoms with Gasteiger partial charge in [0.05, 0.1) is 23.7 Å². The molecule has 1 N–H and O–H groups in total. The van der Waals surface area contributed by atoms with Crippen LogP contribution in [0, 0.1) is 5.92 Å². The number of rotatable bonds is 7. The molecule has 0 aliphatic heterocycles. The topological polar surface area (TPSA) is 88.5 Å². The van der Waals surface area contributed by atoms with E-state index in [4.69, 9.17) is 5.11 Å². The van der Waals surface area contributed by atoms with Crippen LogP contribution in [0.25, 0.3) is 0 Å². The van der Waals surface area contributed by atoms with Gasteiger partial charge >= 0.3 is 0 Å². The Kier molecular flexibility index (Phi) is 5.85. The first-order chi connectivity index (χ1) is 8.99. The van der Waals surface area contributed by atoms with Gasteiger partial charge in [-0.3, -0.25) is 9.59 Å². The van der Waals surface area contributed by atoms with E-state index in [1.807, 2.05) is 0 Å². The highest BCUT2D eigenvalue weighted by Crippen LogP contribution is 2.21. The predicted octanol–water partition coefficient (Wildman–Crippen LogP) is 0.479. The van der Waals surface area contributed by atoms with Crippen LogP contribution in [-0.2, 0) is 19.4 Å². The summed E-state index contributed by atoms with van der Waals surface area (Å²) in [5, 5.41) is 8.67. The van der Waals surface area contributed by atoms with Gasteiger partial charge in [-0.1, -0.05) is 18.2 Å². The molecule has 1 rings (SSSR count). The first-order valence-electron chi connectivity index (χ1n) is 5.77. The molecule has 5 nitrogen and oxygen atoms in total. The molecule has 6 heteroatoms. The number of hydrogen-bond acceptors (Lipinski definition) is 5. The Hall–Kier alpha value is -1.53. The average Bonchev–Trinajstić information content (AvgIpc) is 2.37. The Morgan fingerprint density at radius 1 is 1.53 bits per heavy atom. The van der Waals surface area contributed by atoms with Crippen LogP contribution in [0.5, 0.6) is 0 Å². The summed E-state index contributed by atoms with van der Waals surface area (Å²) in [6, 6.07) is 0. The molecular weight excluding hydrogens is 268 g/mol. The van der Waals surface area contributed by atoms with E-state index in [0.29, 0.717) is 6.42 Å². The minimum absolute atomic E-state index is 0.0660. The van der Waals surface area contributed by atoms with Crippen molar-refractivity contribution >= 4 is 21.9 Å². The van der Waals surface area contributed by atoms with E-state index >= 15 is 0 Å². The number of ketones is 1. The lowest BCUT2D eigenvalue weighted by Gasteiger charge is -2.12. The molecule has 0 saturated carbocycles. The first kappa shape index (κ1) is 15.5. The van der Waals surface area contributed by atoms with E-state index in [-0.39, 0.29) is 28.8 Å². The maximum absolute atomic E-state index is 11.6. The molecule has 1 aliphatic carbocycles. The molecule has 1 aliphatic rings. The molecular formula is C13H15O5S. The minimum Gasteiger partial charge on any atom is -0.395 e. The van der Waals surface area contributed by atoms with E-state index in [2.05, 4.69) is 0 Å². The highest BCUT2D eigenvalue weighted by atomic mass is 32.2. The molecule has 0 saturated heterocycles. The van der Waals surface area contributed by atoms with E-state index in [1.54, 1.807) is 18.2 Å². The summed E-state index contributed by atoms with van der Waals surface area (Å²) >= 11 is 0. The van der Waals surface area contributed by atoms with Gasteiger partial charge in [0.15, 0.2) is 15.6 Å². The second-order valence-electron chi connectivity index (χ2n) is 4.05. The summed E-state index contributed by atoms with van der Waals surface area (Å²) in [6.07, 6.45) is 9.36. The zero-order chi connectivity index (χ0) is 14.3. The zero-order valence-corrected chi connectivity index (χ0v) is 11.1. The molecule has 0 aromatic carbocycles. The fourth-order valence-corrected chi connectivity index (χ4v) is 2.70. The predicted molar refractivity (Wildman–Crippen MR) is 70.7 cm³/mol. The molecule has 1 radical (unpaired) electrons. The van der Waals surface area contributed by atoms with Gasteiger partial charge in [0.25, 0.3) is 0 Å². The Bertz CT molecular complexity index is 525. The van der Waals surface area contributed by atoms with Crippen LogP contribution < -0.4 is 0 Å². The maximum Gasteiger partial charge on any atom is 0.206 e. The molecule has 103 valence electrons. The number of allylic oxidation sites excluding steroid dienone is 5. The van der Waals surface area contributed by atoms with Crippen molar-refractivity contribution in [3.05, 3.63) is 35.3 Å². The van der Waals surface area contributed by atoms with E-state index in [1.165, 1.54) is 18.4 Å². The van der Waals surface area contributed by atoms with Crippen molar-refractivity contribution in [1.29, 1.82) is 0 Å². The number of sulfone groups is 1. The molecule has 0 aromatic rings. The summed E-state index contributed by atoms with van der Waals surface area (Å²) in [7, 11) is -3.41.